The first-order chi connectivity index (χ1) is 7.34. The molecule has 1 fully saturated rings. The molecule has 0 unspecified atom stereocenters. The number of rotatable bonds is 0. The van der Waals surface area contributed by atoms with Crippen LogP contribution in [0.5, 0.6) is 5.75 Å². The first kappa shape index (κ1) is 9.26. The van der Waals surface area contributed by atoms with E-state index in [-0.39, 0.29) is 0 Å². The molecule has 1 heteroatoms. The fraction of sp³-hybridized carbons (Fsp3) is 0.571. The van der Waals surface area contributed by atoms with Gasteiger partial charge in [0.25, 0.3) is 0 Å². The third kappa shape index (κ3) is 1.54. The molecule has 1 nitrogen and oxygen atoms in total. The molecule has 1 saturated carbocycles. The van der Waals surface area contributed by atoms with Gasteiger partial charge in [-0.2, -0.15) is 0 Å². The minimum Gasteiger partial charge on any atom is -0.493 e. The van der Waals surface area contributed by atoms with E-state index in [1.54, 1.807) is 0 Å². The predicted octanol–water partition coefficient (Wildman–Crippen LogP) is 3.66. The molecule has 2 atom stereocenters. The normalized spacial score (nSPS) is 28.9. The summed E-state index contributed by atoms with van der Waals surface area (Å²) in [4.78, 5) is 0. The lowest BCUT2D eigenvalue weighted by molar-refractivity contribution is 0.292. The Kier molecular flexibility index (Phi) is 2.19. The molecule has 0 N–H and O–H groups in total. The van der Waals surface area contributed by atoms with Crippen molar-refractivity contribution in [2.24, 2.45) is 5.92 Å². The highest BCUT2D eigenvalue weighted by Crippen LogP contribution is 2.46. The van der Waals surface area contributed by atoms with Crippen molar-refractivity contribution in [3.05, 3.63) is 29.3 Å². The summed E-state index contributed by atoms with van der Waals surface area (Å²) in [6, 6.07) is 6.72. The van der Waals surface area contributed by atoms with Crippen LogP contribution in [0.15, 0.2) is 18.2 Å². The molecule has 15 heavy (non-hydrogen) atoms. The third-order valence-corrected chi connectivity index (χ3v) is 3.97. The van der Waals surface area contributed by atoms with Crippen LogP contribution < -0.4 is 4.74 Å². The summed E-state index contributed by atoms with van der Waals surface area (Å²) >= 11 is 0. The Morgan fingerprint density at radius 2 is 2.13 bits per heavy atom. The highest BCUT2D eigenvalue weighted by atomic mass is 16.5. The first-order valence-corrected chi connectivity index (χ1v) is 6.08. The highest BCUT2D eigenvalue weighted by molar-refractivity contribution is 5.41. The summed E-state index contributed by atoms with van der Waals surface area (Å²) < 4.78 is 5.87. The van der Waals surface area contributed by atoms with Gasteiger partial charge in [-0.15, -0.1) is 0 Å². The van der Waals surface area contributed by atoms with Crippen molar-refractivity contribution in [3.8, 4) is 5.75 Å². The zero-order chi connectivity index (χ0) is 10.3. The summed E-state index contributed by atoms with van der Waals surface area (Å²) in [6.07, 6.45) is 5.42. The zero-order valence-corrected chi connectivity index (χ0v) is 9.33. The molecule has 0 radical (unpaired) electrons. The second-order valence-electron chi connectivity index (χ2n) is 4.98. The van der Waals surface area contributed by atoms with Gasteiger partial charge in [0.2, 0.25) is 0 Å². The quantitative estimate of drug-likeness (QED) is 0.624. The van der Waals surface area contributed by atoms with Gasteiger partial charge < -0.3 is 4.74 Å². The lowest BCUT2D eigenvalue weighted by atomic mass is 9.87. The van der Waals surface area contributed by atoms with Gasteiger partial charge in [0.15, 0.2) is 0 Å². The molecule has 0 aromatic heterocycles. The molecule has 1 aromatic rings. The Labute approximate surface area is 91.5 Å². The molecule has 0 spiro atoms. The van der Waals surface area contributed by atoms with Crippen molar-refractivity contribution < 1.29 is 4.74 Å². The molecule has 1 heterocycles. The van der Waals surface area contributed by atoms with Gasteiger partial charge >= 0.3 is 0 Å². The SMILES string of the molecule is Cc1ccc2c(c1)OCC[C@H]1CCC[C@H]21. The van der Waals surface area contributed by atoms with Crippen LogP contribution in [0.1, 0.15) is 42.7 Å². The molecule has 0 amide bonds. The van der Waals surface area contributed by atoms with Crippen molar-refractivity contribution in [1.82, 2.24) is 0 Å². The van der Waals surface area contributed by atoms with E-state index in [1.807, 2.05) is 0 Å². The molecular weight excluding hydrogens is 184 g/mol. The maximum Gasteiger partial charge on any atom is 0.123 e. The summed E-state index contributed by atoms with van der Waals surface area (Å²) in [6.45, 7) is 3.05. The highest BCUT2D eigenvalue weighted by Gasteiger charge is 2.32. The molecule has 2 aliphatic rings. The number of ether oxygens (including phenoxy) is 1. The Morgan fingerprint density at radius 1 is 1.20 bits per heavy atom. The van der Waals surface area contributed by atoms with Crippen molar-refractivity contribution >= 4 is 0 Å². The lowest BCUT2D eigenvalue weighted by Gasteiger charge is -2.16. The van der Waals surface area contributed by atoms with E-state index in [0.29, 0.717) is 0 Å². The number of fused-ring (bicyclic) bond motifs is 3. The minimum absolute atomic E-state index is 0.781. The molecule has 1 aliphatic heterocycles. The Balaban J connectivity index is 2.05. The number of aryl methyl sites for hydroxylation is 1. The van der Waals surface area contributed by atoms with Crippen molar-refractivity contribution in [2.75, 3.05) is 6.61 Å². The minimum atomic E-state index is 0.781. The van der Waals surface area contributed by atoms with E-state index < -0.39 is 0 Å². The van der Waals surface area contributed by atoms with Gasteiger partial charge in [-0.25, -0.2) is 0 Å². The second kappa shape index (κ2) is 3.55. The average molecular weight is 202 g/mol. The topological polar surface area (TPSA) is 9.23 Å². The van der Waals surface area contributed by atoms with Crippen molar-refractivity contribution in [3.63, 3.8) is 0 Å². The molecule has 0 bridgehead atoms. The smallest absolute Gasteiger partial charge is 0.123 e. The summed E-state index contributed by atoms with van der Waals surface area (Å²) in [5.41, 5.74) is 2.78. The molecular formula is C14H18O. The fourth-order valence-electron chi connectivity index (χ4n) is 3.18. The van der Waals surface area contributed by atoms with E-state index in [1.165, 1.54) is 36.8 Å². The van der Waals surface area contributed by atoms with Crippen molar-refractivity contribution in [1.29, 1.82) is 0 Å². The van der Waals surface area contributed by atoms with Crippen LogP contribution in [0.4, 0.5) is 0 Å². The van der Waals surface area contributed by atoms with E-state index >= 15 is 0 Å². The second-order valence-corrected chi connectivity index (χ2v) is 4.98. The third-order valence-electron chi connectivity index (χ3n) is 3.97. The van der Waals surface area contributed by atoms with E-state index in [4.69, 9.17) is 4.74 Å². The van der Waals surface area contributed by atoms with Gasteiger partial charge in [-0.05, 0) is 55.2 Å². The monoisotopic (exact) mass is 202 g/mol. The number of benzene rings is 1. The maximum absolute atomic E-state index is 5.87. The molecule has 0 saturated heterocycles. The van der Waals surface area contributed by atoms with Crippen LogP contribution in [0.2, 0.25) is 0 Å². The van der Waals surface area contributed by atoms with Gasteiger partial charge in [-0.3, -0.25) is 0 Å². The molecule has 1 aromatic carbocycles. The number of hydrogen-bond donors (Lipinski definition) is 0. The summed E-state index contributed by atoms with van der Waals surface area (Å²) in [5.74, 6) is 2.82. The summed E-state index contributed by atoms with van der Waals surface area (Å²) in [5, 5.41) is 0. The first-order valence-electron chi connectivity index (χ1n) is 6.08. The molecule has 3 rings (SSSR count). The zero-order valence-electron chi connectivity index (χ0n) is 9.33. The van der Waals surface area contributed by atoms with E-state index in [2.05, 4.69) is 25.1 Å². The largest absolute Gasteiger partial charge is 0.493 e. The molecule has 80 valence electrons. The standard InChI is InChI=1S/C14H18O/c1-10-5-6-13-12-4-2-3-11(12)7-8-15-14(13)9-10/h5-6,9,11-12H,2-4,7-8H2,1H3/t11-,12+/m1/s1. The van der Waals surface area contributed by atoms with Crippen molar-refractivity contribution in [2.45, 2.75) is 38.5 Å². The Hall–Kier alpha value is -0.980. The van der Waals surface area contributed by atoms with Crippen LogP contribution in [0.25, 0.3) is 0 Å². The van der Waals surface area contributed by atoms with Gasteiger partial charge in [-0.1, -0.05) is 18.6 Å². The maximum atomic E-state index is 5.87. The number of hydrogen-bond acceptors (Lipinski definition) is 1. The van der Waals surface area contributed by atoms with E-state index in [0.717, 1.165) is 24.2 Å². The predicted molar refractivity (Wildman–Crippen MR) is 61.4 cm³/mol. The van der Waals surface area contributed by atoms with Crippen LogP contribution >= 0.6 is 0 Å². The van der Waals surface area contributed by atoms with Crippen LogP contribution in [-0.2, 0) is 0 Å². The summed E-state index contributed by atoms with van der Waals surface area (Å²) in [7, 11) is 0. The Morgan fingerprint density at radius 3 is 3.07 bits per heavy atom. The lowest BCUT2D eigenvalue weighted by Crippen LogP contribution is -2.05. The fourth-order valence-corrected chi connectivity index (χ4v) is 3.18. The van der Waals surface area contributed by atoms with Gasteiger partial charge in [0, 0.05) is 0 Å². The average Bonchev–Trinajstić information content (AvgIpc) is 2.61. The van der Waals surface area contributed by atoms with Crippen LogP contribution in [0.3, 0.4) is 0 Å². The van der Waals surface area contributed by atoms with E-state index in [9.17, 15) is 0 Å². The van der Waals surface area contributed by atoms with Gasteiger partial charge in [0.1, 0.15) is 5.75 Å². The van der Waals surface area contributed by atoms with Gasteiger partial charge in [0.05, 0.1) is 6.61 Å². The van der Waals surface area contributed by atoms with Crippen LogP contribution in [0, 0.1) is 12.8 Å². The molecule has 1 aliphatic carbocycles. The Bertz CT molecular complexity index is 370. The van der Waals surface area contributed by atoms with Crippen LogP contribution in [-0.4, -0.2) is 6.61 Å².